The van der Waals surface area contributed by atoms with E-state index in [1.54, 1.807) is 0 Å². The minimum Gasteiger partial charge on any atom is -0.407 e. The zero-order chi connectivity index (χ0) is 14.6. The highest BCUT2D eigenvalue weighted by atomic mass is 16.5. The SMILES string of the molecule is CN(CC1CCOCC1)c1nnc(CNC(C)(C)C)o1. The maximum absolute atomic E-state index is 5.69. The van der Waals surface area contributed by atoms with Crippen LogP contribution in [0.1, 0.15) is 39.5 Å². The van der Waals surface area contributed by atoms with Gasteiger partial charge in [-0.05, 0) is 39.5 Å². The van der Waals surface area contributed by atoms with Crippen molar-refractivity contribution in [2.75, 3.05) is 31.7 Å². The molecule has 114 valence electrons. The molecular weight excluding hydrogens is 256 g/mol. The lowest BCUT2D eigenvalue weighted by molar-refractivity contribution is 0.0682. The van der Waals surface area contributed by atoms with Gasteiger partial charge in [-0.25, -0.2) is 0 Å². The van der Waals surface area contributed by atoms with Gasteiger partial charge in [0.25, 0.3) is 0 Å². The summed E-state index contributed by atoms with van der Waals surface area (Å²) in [6.45, 7) is 9.61. The van der Waals surface area contributed by atoms with Crippen LogP contribution in [0, 0.1) is 5.92 Å². The van der Waals surface area contributed by atoms with Crippen LogP contribution in [-0.4, -0.2) is 42.5 Å². The van der Waals surface area contributed by atoms with Crippen LogP contribution < -0.4 is 10.2 Å². The summed E-state index contributed by atoms with van der Waals surface area (Å²) in [6.07, 6.45) is 2.22. The van der Waals surface area contributed by atoms with Gasteiger partial charge in [0.2, 0.25) is 5.89 Å². The van der Waals surface area contributed by atoms with Gasteiger partial charge < -0.3 is 19.4 Å². The number of nitrogens with zero attached hydrogens (tertiary/aromatic N) is 3. The van der Waals surface area contributed by atoms with Crippen molar-refractivity contribution < 1.29 is 9.15 Å². The first-order valence-corrected chi connectivity index (χ1v) is 7.30. The molecule has 2 heterocycles. The molecule has 0 aromatic carbocycles. The van der Waals surface area contributed by atoms with E-state index in [-0.39, 0.29) is 5.54 Å². The van der Waals surface area contributed by atoms with Gasteiger partial charge in [-0.2, -0.15) is 0 Å². The van der Waals surface area contributed by atoms with E-state index in [1.807, 2.05) is 11.9 Å². The van der Waals surface area contributed by atoms with E-state index < -0.39 is 0 Å². The highest BCUT2D eigenvalue weighted by Gasteiger charge is 2.19. The number of anilines is 1. The van der Waals surface area contributed by atoms with E-state index in [4.69, 9.17) is 9.15 Å². The monoisotopic (exact) mass is 282 g/mol. The van der Waals surface area contributed by atoms with Crippen LogP contribution in [0.4, 0.5) is 6.01 Å². The van der Waals surface area contributed by atoms with Gasteiger partial charge >= 0.3 is 6.01 Å². The molecule has 0 atom stereocenters. The average Bonchev–Trinajstić information content (AvgIpc) is 2.86. The predicted molar refractivity (Wildman–Crippen MR) is 77.7 cm³/mol. The summed E-state index contributed by atoms with van der Waals surface area (Å²) >= 11 is 0. The summed E-state index contributed by atoms with van der Waals surface area (Å²) in [5, 5.41) is 11.5. The minimum atomic E-state index is 0.0443. The highest BCUT2D eigenvalue weighted by Crippen LogP contribution is 2.19. The van der Waals surface area contributed by atoms with Gasteiger partial charge in [-0.15, -0.1) is 5.10 Å². The predicted octanol–water partition coefficient (Wildman–Crippen LogP) is 1.82. The van der Waals surface area contributed by atoms with Crippen LogP contribution in [0.5, 0.6) is 0 Å². The number of hydrogen-bond donors (Lipinski definition) is 1. The number of ether oxygens (including phenoxy) is 1. The molecule has 0 aliphatic carbocycles. The summed E-state index contributed by atoms with van der Waals surface area (Å²) in [7, 11) is 2.00. The highest BCUT2D eigenvalue weighted by molar-refractivity contribution is 5.22. The molecule has 0 radical (unpaired) electrons. The van der Waals surface area contributed by atoms with Crippen molar-refractivity contribution >= 4 is 6.01 Å². The quantitative estimate of drug-likeness (QED) is 0.889. The summed E-state index contributed by atoms with van der Waals surface area (Å²) in [4.78, 5) is 2.05. The van der Waals surface area contributed by atoms with Crippen molar-refractivity contribution in [3.05, 3.63) is 5.89 Å². The van der Waals surface area contributed by atoms with Crippen molar-refractivity contribution in [2.45, 2.75) is 45.7 Å². The third-order valence-corrected chi connectivity index (χ3v) is 3.43. The zero-order valence-corrected chi connectivity index (χ0v) is 13.0. The smallest absolute Gasteiger partial charge is 0.317 e. The number of aromatic nitrogens is 2. The van der Waals surface area contributed by atoms with Gasteiger partial charge in [0.1, 0.15) is 0 Å². The van der Waals surface area contributed by atoms with Crippen LogP contribution in [0.15, 0.2) is 4.42 Å². The number of rotatable bonds is 5. The normalized spacial score (nSPS) is 17.4. The molecule has 6 nitrogen and oxygen atoms in total. The van der Waals surface area contributed by atoms with E-state index in [1.165, 1.54) is 0 Å². The lowest BCUT2D eigenvalue weighted by Crippen LogP contribution is -2.35. The van der Waals surface area contributed by atoms with E-state index in [0.29, 0.717) is 24.4 Å². The van der Waals surface area contributed by atoms with E-state index in [0.717, 1.165) is 32.6 Å². The summed E-state index contributed by atoms with van der Waals surface area (Å²) < 4.78 is 11.1. The van der Waals surface area contributed by atoms with Crippen LogP contribution in [-0.2, 0) is 11.3 Å². The molecule has 0 amide bonds. The second kappa shape index (κ2) is 6.54. The lowest BCUT2D eigenvalue weighted by Gasteiger charge is -2.25. The molecule has 1 aromatic rings. The molecule has 0 saturated carbocycles. The Balaban J connectivity index is 1.84. The molecule has 1 fully saturated rings. The molecule has 0 spiro atoms. The Morgan fingerprint density at radius 3 is 2.60 bits per heavy atom. The standard InChI is InChI=1S/C14H26N4O2/c1-14(2,3)15-9-12-16-17-13(20-12)18(4)10-11-5-7-19-8-6-11/h11,15H,5-10H2,1-4H3. The molecule has 1 aromatic heterocycles. The fourth-order valence-corrected chi connectivity index (χ4v) is 2.21. The molecule has 0 unspecified atom stereocenters. The molecule has 20 heavy (non-hydrogen) atoms. The minimum absolute atomic E-state index is 0.0443. The Bertz CT molecular complexity index is 408. The van der Waals surface area contributed by atoms with Crippen molar-refractivity contribution in [2.24, 2.45) is 5.92 Å². The molecule has 0 bridgehead atoms. The lowest BCUT2D eigenvalue weighted by atomic mass is 10.0. The fraction of sp³-hybridized carbons (Fsp3) is 0.857. The maximum Gasteiger partial charge on any atom is 0.317 e. The number of hydrogen-bond acceptors (Lipinski definition) is 6. The van der Waals surface area contributed by atoms with Gasteiger partial charge in [-0.3, -0.25) is 0 Å². The van der Waals surface area contributed by atoms with Gasteiger partial charge in [0.05, 0.1) is 6.54 Å². The van der Waals surface area contributed by atoms with E-state index in [9.17, 15) is 0 Å². The molecule has 2 rings (SSSR count). The van der Waals surface area contributed by atoms with E-state index in [2.05, 4.69) is 36.3 Å². The summed E-state index contributed by atoms with van der Waals surface area (Å²) in [5.41, 5.74) is 0.0443. The van der Waals surface area contributed by atoms with Crippen molar-refractivity contribution in [3.63, 3.8) is 0 Å². The maximum atomic E-state index is 5.69. The van der Waals surface area contributed by atoms with Crippen LogP contribution in [0.2, 0.25) is 0 Å². The van der Waals surface area contributed by atoms with E-state index >= 15 is 0 Å². The van der Waals surface area contributed by atoms with Crippen molar-refractivity contribution in [3.8, 4) is 0 Å². The first kappa shape index (κ1) is 15.3. The Kier molecular flexibility index (Phi) is 4.99. The third kappa shape index (κ3) is 4.76. The second-order valence-electron chi connectivity index (χ2n) is 6.52. The van der Waals surface area contributed by atoms with Gasteiger partial charge in [0.15, 0.2) is 0 Å². The first-order valence-electron chi connectivity index (χ1n) is 7.30. The molecule has 1 N–H and O–H groups in total. The largest absolute Gasteiger partial charge is 0.407 e. The van der Waals surface area contributed by atoms with Crippen LogP contribution >= 0.6 is 0 Å². The van der Waals surface area contributed by atoms with Gasteiger partial charge in [-0.1, -0.05) is 5.10 Å². The van der Waals surface area contributed by atoms with Crippen LogP contribution in [0.3, 0.4) is 0 Å². The zero-order valence-electron chi connectivity index (χ0n) is 13.0. The Morgan fingerprint density at radius 1 is 1.25 bits per heavy atom. The molecule has 1 saturated heterocycles. The summed E-state index contributed by atoms with van der Waals surface area (Å²) in [5.74, 6) is 1.28. The van der Waals surface area contributed by atoms with Crippen molar-refractivity contribution in [1.29, 1.82) is 0 Å². The summed E-state index contributed by atoms with van der Waals surface area (Å²) in [6, 6.07) is 0.599. The Morgan fingerprint density at radius 2 is 1.95 bits per heavy atom. The Hall–Kier alpha value is -1.14. The topological polar surface area (TPSA) is 63.4 Å². The molecule has 1 aliphatic rings. The molecule has 6 heteroatoms. The second-order valence-corrected chi connectivity index (χ2v) is 6.52. The first-order chi connectivity index (χ1) is 9.44. The van der Waals surface area contributed by atoms with Gasteiger partial charge in [0, 0.05) is 32.3 Å². The molecule has 1 aliphatic heterocycles. The van der Waals surface area contributed by atoms with Crippen molar-refractivity contribution in [1.82, 2.24) is 15.5 Å². The average molecular weight is 282 g/mol. The third-order valence-electron chi connectivity index (χ3n) is 3.43. The van der Waals surface area contributed by atoms with Crippen LogP contribution in [0.25, 0.3) is 0 Å². The fourth-order valence-electron chi connectivity index (χ4n) is 2.21. The number of nitrogens with one attached hydrogen (secondary N) is 1. The molecular formula is C14H26N4O2. The Labute approximate surface area is 120 Å².